The predicted octanol–water partition coefficient (Wildman–Crippen LogP) is 5.33. The molecular weight excluding hydrogens is 590 g/mol. The van der Waals surface area contributed by atoms with Crippen molar-refractivity contribution in [1.29, 1.82) is 0 Å². The lowest BCUT2D eigenvalue weighted by atomic mass is 9.89. The molecule has 250 valence electrons. The van der Waals surface area contributed by atoms with Crippen LogP contribution in [0.4, 0.5) is 9.59 Å². The Morgan fingerprint density at radius 3 is 2.52 bits per heavy atom. The number of nitrogens with one attached hydrogen (secondary N) is 1. The standard InChI is InChI=1S/C35H47N3O8/c1-8-10-16-35(5,6)22-45-33(42)36-29(15-14-26(39)17-23(3)4)31(40)38-20-27(18-30(38)32(41)44-7)46-34(43)37-19-25-13-11-12-24(9-2)28(25)21-37/h8-9,11-13,17,27,29-30H,1-2,10,14-16,18-22H2,3-7H3,(H,36,42)/t27-,29+,30+/m1/s1. The van der Waals surface area contributed by atoms with Crippen molar-refractivity contribution in [2.24, 2.45) is 5.41 Å². The number of carbonyl (C=O) groups excluding carboxylic acids is 5. The minimum absolute atomic E-state index is 0.0220. The number of ether oxygens (including phenoxy) is 3. The van der Waals surface area contributed by atoms with Gasteiger partial charge in [0.15, 0.2) is 5.78 Å². The Bertz CT molecular complexity index is 1360. The fraction of sp³-hybridized carbons (Fsp3) is 0.514. The average molecular weight is 638 g/mol. The van der Waals surface area contributed by atoms with Gasteiger partial charge in [0, 0.05) is 19.4 Å². The second kappa shape index (κ2) is 16.2. The molecule has 3 atom stereocenters. The van der Waals surface area contributed by atoms with Crippen molar-refractivity contribution in [3.63, 3.8) is 0 Å². The van der Waals surface area contributed by atoms with Crippen LogP contribution in [0.2, 0.25) is 0 Å². The molecule has 11 heteroatoms. The number of rotatable bonds is 14. The van der Waals surface area contributed by atoms with E-state index >= 15 is 0 Å². The summed E-state index contributed by atoms with van der Waals surface area (Å²) in [4.78, 5) is 68.1. The first kappa shape index (κ1) is 36.1. The number of likely N-dealkylation sites (tertiary alicyclic amines) is 1. The molecule has 1 aromatic rings. The topological polar surface area (TPSA) is 132 Å². The average Bonchev–Trinajstić information content (AvgIpc) is 3.65. The Morgan fingerprint density at radius 1 is 1.13 bits per heavy atom. The second-order valence-corrected chi connectivity index (χ2v) is 12.8. The SMILES string of the molecule is C=CCCC(C)(C)COC(=O)N[C@@H](CCC(=O)C=C(C)C)C(=O)N1C[C@H](OC(=O)N2Cc3cccc(C=C)c3C2)C[C@H]1C(=O)OC. The van der Waals surface area contributed by atoms with Crippen molar-refractivity contribution >= 4 is 35.9 Å². The number of amides is 3. The lowest BCUT2D eigenvalue weighted by Crippen LogP contribution is -2.52. The van der Waals surface area contributed by atoms with Gasteiger partial charge in [-0.15, -0.1) is 6.58 Å². The molecule has 3 amide bonds. The molecule has 0 unspecified atom stereocenters. The summed E-state index contributed by atoms with van der Waals surface area (Å²) in [5.41, 5.74) is 3.42. The lowest BCUT2D eigenvalue weighted by Gasteiger charge is -2.28. The van der Waals surface area contributed by atoms with E-state index in [9.17, 15) is 24.0 Å². The highest BCUT2D eigenvalue weighted by Gasteiger charge is 2.45. The van der Waals surface area contributed by atoms with Crippen LogP contribution in [0.5, 0.6) is 0 Å². The first-order chi connectivity index (χ1) is 21.8. The van der Waals surface area contributed by atoms with Crippen molar-refractivity contribution in [2.75, 3.05) is 20.3 Å². The van der Waals surface area contributed by atoms with E-state index in [0.717, 1.165) is 35.1 Å². The number of esters is 1. The summed E-state index contributed by atoms with van der Waals surface area (Å²) in [5, 5.41) is 2.61. The van der Waals surface area contributed by atoms with Crippen molar-refractivity contribution in [1.82, 2.24) is 15.1 Å². The van der Waals surface area contributed by atoms with E-state index in [1.807, 2.05) is 32.0 Å². The van der Waals surface area contributed by atoms with Gasteiger partial charge in [0.2, 0.25) is 5.91 Å². The van der Waals surface area contributed by atoms with Crippen LogP contribution in [-0.4, -0.2) is 78.1 Å². The normalized spacial score (nSPS) is 17.8. The summed E-state index contributed by atoms with van der Waals surface area (Å²) < 4.78 is 16.2. The Kier molecular flexibility index (Phi) is 12.7. The minimum atomic E-state index is -1.18. The number of nitrogens with zero attached hydrogens (tertiary/aromatic N) is 2. The number of fused-ring (bicyclic) bond motifs is 1. The Hall–Kier alpha value is -4.41. The molecule has 3 rings (SSSR count). The van der Waals surface area contributed by atoms with Gasteiger partial charge in [0.05, 0.1) is 26.8 Å². The van der Waals surface area contributed by atoms with Gasteiger partial charge in [-0.3, -0.25) is 14.5 Å². The lowest BCUT2D eigenvalue weighted by molar-refractivity contribution is -0.151. The molecule has 46 heavy (non-hydrogen) atoms. The number of ketones is 1. The van der Waals surface area contributed by atoms with Crippen molar-refractivity contribution in [2.45, 2.75) is 91.1 Å². The van der Waals surface area contributed by atoms with Gasteiger partial charge < -0.3 is 24.4 Å². The Morgan fingerprint density at radius 2 is 1.87 bits per heavy atom. The van der Waals surface area contributed by atoms with Gasteiger partial charge in [-0.2, -0.15) is 0 Å². The van der Waals surface area contributed by atoms with Gasteiger partial charge in [-0.05, 0) is 61.3 Å². The van der Waals surface area contributed by atoms with E-state index in [1.54, 1.807) is 30.9 Å². The first-order valence-electron chi connectivity index (χ1n) is 15.6. The quantitative estimate of drug-likeness (QED) is 0.125. The van der Waals surface area contributed by atoms with Crippen LogP contribution >= 0.6 is 0 Å². The Labute approximate surface area is 271 Å². The monoisotopic (exact) mass is 637 g/mol. The number of allylic oxidation sites excluding steroid dienone is 3. The first-order valence-corrected chi connectivity index (χ1v) is 15.6. The van der Waals surface area contributed by atoms with Gasteiger partial charge in [-0.1, -0.05) is 56.4 Å². The highest BCUT2D eigenvalue weighted by Crippen LogP contribution is 2.29. The largest absolute Gasteiger partial charge is 0.467 e. The van der Waals surface area contributed by atoms with Gasteiger partial charge in [-0.25, -0.2) is 14.4 Å². The molecule has 2 aliphatic heterocycles. The number of carbonyl (C=O) groups is 5. The number of benzene rings is 1. The molecule has 2 heterocycles. The number of hydrogen-bond acceptors (Lipinski definition) is 8. The third-order valence-electron chi connectivity index (χ3n) is 8.12. The smallest absolute Gasteiger partial charge is 0.410 e. The van der Waals surface area contributed by atoms with Crippen LogP contribution in [0, 0.1) is 5.41 Å². The fourth-order valence-electron chi connectivity index (χ4n) is 5.62. The zero-order chi connectivity index (χ0) is 34.0. The summed E-state index contributed by atoms with van der Waals surface area (Å²) in [6, 6.07) is 3.56. The van der Waals surface area contributed by atoms with Gasteiger partial charge in [0.1, 0.15) is 18.2 Å². The fourth-order valence-corrected chi connectivity index (χ4v) is 5.62. The van der Waals surface area contributed by atoms with Crippen molar-refractivity contribution in [3.8, 4) is 0 Å². The molecule has 0 saturated carbocycles. The zero-order valence-corrected chi connectivity index (χ0v) is 27.6. The molecule has 1 aromatic carbocycles. The van der Waals surface area contributed by atoms with Crippen LogP contribution in [-0.2, 0) is 41.7 Å². The van der Waals surface area contributed by atoms with E-state index in [4.69, 9.17) is 14.2 Å². The van der Waals surface area contributed by atoms with E-state index in [2.05, 4.69) is 18.5 Å². The van der Waals surface area contributed by atoms with Crippen LogP contribution in [0.15, 0.2) is 49.1 Å². The number of hydrogen-bond donors (Lipinski definition) is 1. The molecular formula is C35H47N3O8. The summed E-state index contributed by atoms with van der Waals surface area (Å²) in [6.45, 7) is 15.8. The van der Waals surface area contributed by atoms with Crippen LogP contribution in [0.3, 0.4) is 0 Å². The predicted molar refractivity (Wildman–Crippen MR) is 173 cm³/mol. The zero-order valence-electron chi connectivity index (χ0n) is 27.6. The molecule has 1 N–H and O–H groups in total. The molecule has 1 fully saturated rings. The number of alkyl carbamates (subject to hydrolysis) is 1. The van der Waals surface area contributed by atoms with Crippen molar-refractivity contribution < 1.29 is 38.2 Å². The van der Waals surface area contributed by atoms with E-state index in [0.29, 0.717) is 13.1 Å². The second-order valence-electron chi connectivity index (χ2n) is 12.8. The molecule has 2 aliphatic rings. The molecule has 0 aliphatic carbocycles. The van der Waals surface area contributed by atoms with Gasteiger partial charge in [0.25, 0.3) is 0 Å². The summed E-state index contributed by atoms with van der Waals surface area (Å²) in [5.74, 6) is -1.49. The van der Waals surface area contributed by atoms with Gasteiger partial charge >= 0.3 is 18.2 Å². The third kappa shape index (κ3) is 9.79. The maximum atomic E-state index is 13.9. The molecule has 11 nitrogen and oxygen atoms in total. The maximum Gasteiger partial charge on any atom is 0.410 e. The van der Waals surface area contributed by atoms with E-state index < -0.39 is 42.3 Å². The molecule has 0 spiro atoms. The third-order valence-corrected chi connectivity index (χ3v) is 8.12. The van der Waals surface area contributed by atoms with E-state index in [1.165, 1.54) is 18.1 Å². The minimum Gasteiger partial charge on any atom is -0.467 e. The summed E-state index contributed by atoms with van der Waals surface area (Å²) in [6.07, 6.45) is 4.29. The number of methoxy groups -OCH3 is 1. The highest BCUT2D eigenvalue weighted by atomic mass is 16.6. The maximum absolute atomic E-state index is 13.9. The molecule has 0 aromatic heterocycles. The highest BCUT2D eigenvalue weighted by molar-refractivity contribution is 5.93. The molecule has 0 bridgehead atoms. The summed E-state index contributed by atoms with van der Waals surface area (Å²) in [7, 11) is 1.21. The van der Waals surface area contributed by atoms with Crippen LogP contribution < -0.4 is 5.32 Å². The van der Waals surface area contributed by atoms with Crippen LogP contribution in [0.1, 0.15) is 76.5 Å². The van der Waals surface area contributed by atoms with Crippen molar-refractivity contribution in [3.05, 3.63) is 65.8 Å². The Balaban J connectivity index is 1.74. The van der Waals surface area contributed by atoms with E-state index in [-0.39, 0.29) is 43.6 Å². The van der Waals surface area contributed by atoms with Crippen LogP contribution in [0.25, 0.3) is 6.08 Å². The molecule has 0 radical (unpaired) electrons. The molecule has 1 saturated heterocycles. The summed E-state index contributed by atoms with van der Waals surface area (Å²) >= 11 is 0.